The zero-order chi connectivity index (χ0) is 30.5. The number of azide groups is 1. The second-order valence-corrected chi connectivity index (χ2v) is 9.59. The van der Waals surface area contributed by atoms with Crippen LogP contribution in [0.15, 0.2) is 5.11 Å². The molecule has 2 aliphatic heterocycles. The van der Waals surface area contributed by atoms with Gasteiger partial charge < -0.3 is 58.7 Å². The van der Waals surface area contributed by atoms with E-state index in [2.05, 4.69) is 10.0 Å². The molecule has 17 nitrogen and oxygen atoms in total. The lowest BCUT2D eigenvalue weighted by Crippen LogP contribution is -2.62. The van der Waals surface area contributed by atoms with Crippen LogP contribution in [0, 0.1) is 0 Å². The third-order valence-corrected chi connectivity index (χ3v) is 6.67. The Labute approximate surface area is 236 Å². The number of rotatable bonds is 16. The van der Waals surface area contributed by atoms with Crippen molar-refractivity contribution in [2.75, 3.05) is 34.0 Å². The Morgan fingerprint density at radius 2 is 1.59 bits per heavy atom. The molecule has 2 saturated heterocycles. The van der Waals surface area contributed by atoms with E-state index in [0.29, 0.717) is 19.3 Å². The Balaban J connectivity index is 1.89. The Kier molecular flexibility index (Phi) is 15.2. The Bertz CT molecular complexity index is 861. The Morgan fingerprint density at radius 1 is 0.902 bits per heavy atom. The number of unbranched alkanes of at least 4 members (excludes halogenated alkanes) is 2. The van der Waals surface area contributed by atoms with Gasteiger partial charge in [-0.15, -0.1) is 0 Å². The van der Waals surface area contributed by atoms with Crippen LogP contribution in [0.2, 0.25) is 0 Å². The molecule has 0 spiro atoms. The first kappa shape index (κ1) is 35.0. The molecule has 2 rings (SSSR count). The minimum absolute atomic E-state index is 0.0651. The van der Waals surface area contributed by atoms with E-state index in [-0.39, 0.29) is 26.1 Å². The number of hydrogen-bond donors (Lipinski definition) is 5. The van der Waals surface area contributed by atoms with Gasteiger partial charge in [-0.05, 0) is 25.3 Å². The summed E-state index contributed by atoms with van der Waals surface area (Å²) in [5, 5.41) is 55.2. The summed E-state index contributed by atoms with van der Waals surface area (Å²) in [6.07, 6.45) is -12.6. The maximum Gasteiger partial charge on any atom is 0.314 e. The third kappa shape index (κ3) is 9.97. The number of aliphatic hydroxyl groups excluding tert-OH is 5. The number of ether oxygens (including phenoxy) is 7. The van der Waals surface area contributed by atoms with Gasteiger partial charge in [-0.2, -0.15) is 0 Å². The van der Waals surface area contributed by atoms with E-state index < -0.39 is 86.0 Å². The fourth-order valence-electron chi connectivity index (χ4n) is 4.44. The summed E-state index contributed by atoms with van der Waals surface area (Å²) < 4.78 is 36.8. The lowest BCUT2D eigenvalue weighted by Gasteiger charge is -2.43. The first-order valence-electron chi connectivity index (χ1n) is 13.3. The molecule has 0 amide bonds. The summed E-state index contributed by atoms with van der Waals surface area (Å²) in [4.78, 5) is 27.0. The number of carbonyl (C=O) groups is 2. The van der Waals surface area contributed by atoms with E-state index in [4.69, 9.17) is 38.7 Å². The smallest absolute Gasteiger partial charge is 0.314 e. The van der Waals surface area contributed by atoms with Gasteiger partial charge in [-0.1, -0.05) is 18.0 Å². The second kappa shape index (κ2) is 17.7. The second-order valence-electron chi connectivity index (χ2n) is 9.59. The number of esters is 2. The average Bonchev–Trinajstić information content (AvgIpc) is 2.95. The molecule has 0 saturated carbocycles. The zero-order valence-corrected chi connectivity index (χ0v) is 23.3. The third-order valence-electron chi connectivity index (χ3n) is 6.67. The Hall–Kier alpha value is -2.15. The van der Waals surface area contributed by atoms with Crippen molar-refractivity contribution in [1.29, 1.82) is 0 Å². The topological polar surface area (TPSA) is 249 Å². The number of aliphatic hydroxyl groups is 5. The van der Waals surface area contributed by atoms with Crippen molar-refractivity contribution < 1.29 is 68.3 Å². The van der Waals surface area contributed by atoms with Gasteiger partial charge in [-0.3, -0.25) is 9.59 Å². The highest BCUT2D eigenvalue weighted by Gasteiger charge is 2.49. The van der Waals surface area contributed by atoms with Crippen molar-refractivity contribution in [3.05, 3.63) is 10.4 Å². The van der Waals surface area contributed by atoms with Crippen LogP contribution in [-0.4, -0.2) is 139 Å². The highest BCUT2D eigenvalue weighted by Crippen LogP contribution is 2.27. The van der Waals surface area contributed by atoms with E-state index in [9.17, 15) is 35.1 Å². The van der Waals surface area contributed by atoms with Gasteiger partial charge in [0.15, 0.2) is 18.7 Å². The molecule has 17 heteroatoms. The first-order valence-corrected chi connectivity index (χ1v) is 13.3. The molecule has 0 aromatic heterocycles. The molecule has 11 atom stereocenters. The van der Waals surface area contributed by atoms with E-state index in [1.165, 1.54) is 14.2 Å². The normalized spacial score (nSPS) is 34.3. The molecule has 2 heterocycles. The summed E-state index contributed by atoms with van der Waals surface area (Å²) in [7, 11) is 2.60. The van der Waals surface area contributed by atoms with E-state index in [0.717, 1.165) is 0 Å². The predicted molar refractivity (Wildman–Crippen MR) is 135 cm³/mol. The highest BCUT2D eigenvalue weighted by molar-refractivity contribution is 5.75. The minimum atomic E-state index is -1.63. The quantitative estimate of drug-likeness (QED) is 0.0455. The minimum Gasteiger partial charge on any atom is -0.466 e. The van der Waals surface area contributed by atoms with Gasteiger partial charge in [0.1, 0.15) is 48.8 Å². The SMILES string of the molecule is CCOC(=O)[C@H](CCCCCC(=O)O[C@@H]1C(O)[C@@H](OC)OC(CO[C@H]2OC(COC)[C@@H](O)[C@H](O)C2O)[C@H]1O)N=[N+]=[N-]. The molecule has 4 unspecified atom stereocenters. The number of hydrogen-bond acceptors (Lipinski definition) is 15. The van der Waals surface area contributed by atoms with Gasteiger partial charge in [0.25, 0.3) is 0 Å². The molecular weight excluding hydrogens is 554 g/mol. The molecular formula is C24H41N3O14. The van der Waals surface area contributed by atoms with Crippen LogP contribution in [0.1, 0.15) is 39.0 Å². The first-order chi connectivity index (χ1) is 19.6. The molecule has 5 N–H and O–H groups in total. The summed E-state index contributed by atoms with van der Waals surface area (Å²) in [6.45, 7) is 1.27. The maximum absolute atomic E-state index is 12.5. The van der Waals surface area contributed by atoms with Crippen molar-refractivity contribution in [2.45, 2.75) is 106 Å². The Morgan fingerprint density at radius 3 is 2.22 bits per heavy atom. The van der Waals surface area contributed by atoms with Gasteiger partial charge in [0, 0.05) is 25.6 Å². The fourth-order valence-corrected chi connectivity index (χ4v) is 4.44. The van der Waals surface area contributed by atoms with E-state index in [1.807, 2.05) is 0 Å². The number of carbonyl (C=O) groups excluding carboxylic acids is 2. The number of methoxy groups -OCH3 is 2. The van der Waals surface area contributed by atoms with Gasteiger partial charge in [0.05, 0.1) is 19.8 Å². The average molecular weight is 596 g/mol. The highest BCUT2D eigenvalue weighted by atomic mass is 16.7. The van der Waals surface area contributed by atoms with Crippen LogP contribution < -0.4 is 0 Å². The summed E-state index contributed by atoms with van der Waals surface area (Å²) in [5.74, 6) is -1.33. The zero-order valence-electron chi connectivity index (χ0n) is 23.3. The summed E-state index contributed by atoms with van der Waals surface area (Å²) in [6, 6.07) is -0.955. The van der Waals surface area contributed by atoms with Gasteiger partial charge >= 0.3 is 11.9 Å². The molecule has 0 radical (unpaired) electrons. The molecule has 0 aromatic rings. The lowest BCUT2D eigenvalue weighted by atomic mass is 9.98. The summed E-state index contributed by atoms with van der Waals surface area (Å²) >= 11 is 0. The standard InChI is InChI=1S/C24H41N3O14/c1-4-37-22(34)12(26-27-25)8-6-5-7-9-15(28)41-21-17(30)14(39-23(36-3)20(21)33)11-38-24-19(32)18(31)16(29)13(40-24)10-35-2/h12-14,16-21,23-24,29-33H,4-11H2,1-3H3/t12-,13?,14?,16+,17+,18-,19?,20?,21-,23-,24-/m0/s1. The van der Waals surface area contributed by atoms with E-state index in [1.54, 1.807) is 6.92 Å². The van der Waals surface area contributed by atoms with Crippen LogP contribution in [0.3, 0.4) is 0 Å². The molecule has 236 valence electrons. The van der Waals surface area contributed by atoms with Gasteiger partial charge in [-0.25, -0.2) is 0 Å². The molecule has 2 fully saturated rings. The van der Waals surface area contributed by atoms with Crippen LogP contribution in [-0.2, 0) is 42.7 Å². The molecule has 0 aromatic carbocycles. The maximum atomic E-state index is 12.5. The molecule has 2 aliphatic rings. The lowest BCUT2D eigenvalue weighted by molar-refractivity contribution is -0.329. The van der Waals surface area contributed by atoms with Crippen LogP contribution in [0.4, 0.5) is 0 Å². The van der Waals surface area contributed by atoms with Crippen LogP contribution in [0.5, 0.6) is 0 Å². The van der Waals surface area contributed by atoms with Crippen molar-refractivity contribution in [3.63, 3.8) is 0 Å². The largest absolute Gasteiger partial charge is 0.466 e. The van der Waals surface area contributed by atoms with Crippen molar-refractivity contribution >= 4 is 11.9 Å². The molecule has 0 aliphatic carbocycles. The van der Waals surface area contributed by atoms with Crippen molar-refractivity contribution in [2.24, 2.45) is 5.11 Å². The fraction of sp³-hybridized carbons (Fsp3) is 0.917. The van der Waals surface area contributed by atoms with Crippen molar-refractivity contribution in [1.82, 2.24) is 0 Å². The molecule has 41 heavy (non-hydrogen) atoms. The molecule has 0 bridgehead atoms. The number of nitrogens with zero attached hydrogens (tertiary/aromatic N) is 3. The van der Waals surface area contributed by atoms with Gasteiger partial charge in [0.2, 0.25) is 0 Å². The predicted octanol–water partition coefficient (Wildman–Crippen LogP) is -1.35. The monoisotopic (exact) mass is 595 g/mol. The summed E-state index contributed by atoms with van der Waals surface area (Å²) in [5.41, 5.74) is 8.63. The van der Waals surface area contributed by atoms with Crippen LogP contribution >= 0.6 is 0 Å². The van der Waals surface area contributed by atoms with Crippen molar-refractivity contribution in [3.8, 4) is 0 Å². The van der Waals surface area contributed by atoms with Crippen LogP contribution in [0.25, 0.3) is 10.4 Å². The van der Waals surface area contributed by atoms with E-state index >= 15 is 0 Å².